The van der Waals surface area contributed by atoms with Crippen LogP contribution in [-0.4, -0.2) is 9.97 Å². The van der Waals surface area contributed by atoms with Crippen molar-refractivity contribution < 1.29 is 0 Å². The molecule has 0 N–H and O–H groups in total. The molecule has 0 saturated heterocycles. The molecule has 60 valence electrons. The molecule has 0 aromatic carbocycles. The van der Waals surface area contributed by atoms with Crippen molar-refractivity contribution in [1.82, 2.24) is 9.97 Å². The summed E-state index contributed by atoms with van der Waals surface area (Å²) in [6.45, 7) is 0. The maximum absolute atomic E-state index is 4.21. The molecule has 0 aliphatic carbocycles. The maximum Gasteiger partial charge on any atom is 0.0794 e. The molecule has 2 nitrogen and oxygen atoms in total. The van der Waals surface area contributed by atoms with E-state index in [1.165, 1.54) is 5.56 Å². The van der Waals surface area contributed by atoms with Crippen LogP contribution in [0.3, 0.4) is 0 Å². The fraction of sp³-hybridized carbons (Fsp3) is 0.111. The van der Waals surface area contributed by atoms with Crippen molar-refractivity contribution >= 4 is 11.3 Å². The summed E-state index contributed by atoms with van der Waals surface area (Å²) in [6.07, 6.45) is 4.52. The molecule has 2 heterocycles. The Hall–Kier alpha value is -1.22. The van der Waals surface area contributed by atoms with Crippen LogP contribution in [0.15, 0.2) is 35.4 Å². The Labute approximate surface area is 74.9 Å². The molecule has 0 radical (unpaired) electrons. The van der Waals surface area contributed by atoms with Crippen LogP contribution in [-0.2, 0) is 6.42 Å². The van der Waals surface area contributed by atoms with Crippen LogP contribution in [0.2, 0.25) is 0 Å². The minimum Gasteiger partial charge on any atom is -0.265 e. The summed E-state index contributed by atoms with van der Waals surface area (Å²) in [7, 11) is 0. The summed E-state index contributed by atoms with van der Waals surface area (Å²) >= 11 is 1.63. The molecule has 2 rings (SSSR count). The van der Waals surface area contributed by atoms with Crippen molar-refractivity contribution in [1.29, 1.82) is 0 Å². The Kier molecular flexibility index (Phi) is 2.14. The molecule has 3 heteroatoms. The molecule has 0 fully saturated rings. The van der Waals surface area contributed by atoms with Crippen LogP contribution in [0.5, 0.6) is 0 Å². The van der Waals surface area contributed by atoms with Gasteiger partial charge in [0.15, 0.2) is 0 Å². The Morgan fingerprint density at radius 2 is 2.08 bits per heavy atom. The van der Waals surface area contributed by atoms with Gasteiger partial charge in [0, 0.05) is 24.2 Å². The van der Waals surface area contributed by atoms with Gasteiger partial charge in [-0.3, -0.25) is 4.98 Å². The molecule has 0 atom stereocenters. The molecule has 0 amide bonds. The highest BCUT2D eigenvalue weighted by Gasteiger charge is 1.95. The summed E-state index contributed by atoms with van der Waals surface area (Å²) in [6, 6.07) is 4.03. The number of aromatic nitrogens is 2. The lowest BCUT2D eigenvalue weighted by Crippen LogP contribution is -1.87. The van der Waals surface area contributed by atoms with Crippen molar-refractivity contribution in [2.75, 3.05) is 0 Å². The highest BCUT2D eigenvalue weighted by atomic mass is 32.1. The highest BCUT2D eigenvalue weighted by molar-refractivity contribution is 7.07. The van der Waals surface area contributed by atoms with E-state index in [-0.39, 0.29) is 0 Å². The third-order valence-electron chi connectivity index (χ3n) is 1.62. The molecule has 12 heavy (non-hydrogen) atoms. The lowest BCUT2D eigenvalue weighted by Gasteiger charge is -1.94. The fourth-order valence-electron chi connectivity index (χ4n) is 1.03. The Bertz CT molecular complexity index is 329. The minimum atomic E-state index is 0.909. The topological polar surface area (TPSA) is 25.8 Å². The molecule has 0 bridgehead atoms. The molecule has 2 aromatic heterocycles. The molecule has 0 saturated carbocycles. The quantitative estimate of drug-likeness (QED) is 0.700. The average molecular weight is 176 g/mol. The molecular formula is C9H8N2S. The lowest BCUT2D eigenvalue weighted by atomic mass is 10.2. The van der Waals surface area contributed by atoms with Crippen LogP contribution in [0.4, 0.5) is 0 Å². The van der Waals surface area contributed by atoms with Crippen LogP contribution in [0.1, 0.15) is 11.3 Å². The average Bonchev–Trinajstić information content (AvgIpc) is 2.59. The minimum absolute atomic E-state index is 0.909. The first-order valence-electron chi connectivity index (χ1n) is 3.71. The van der Waals surface area contributed by atoms with Crippen LogP contribution >= 0.6 is 11.3 Å². The summed E-state index contributed by atoms with van der Waals surface area (Å²) in [5.41, 5.74) is 4.25. The molecule has 0 aliphatic heterocycles. The third kappa shape index (κ3) is 1.68. The van der Waals surface area contributed by atoms with Gasteiger partial charge in [-0.2, -0.15) is 0 Å². The van der Waals surface area contributed by atoms with E-state index in [1.54, 1.807) is 11.3 Å². The van der Waals surface area contributed by atoms with E-state index >= 15 is 0 Å². The zero-order chi connectivity index (χ0) is 8.23. The van der Waals surface area contributed by atoms with Crippen molar-refractivity contribution in [2.45, 2.75) is 6.42 Å². The standard InChI is InChI=1S/C9H8N2S/c1-3-10-4-2-8(1)5-9-6-12-7-11-9/h1-4,6-7H,5H2. The Morgan fingerprint density at radius 1 is 1.25 bits per heavy atom. The number of pyridine rings is 1. The second-order valence-corrected chi connectivity index (χ2v) is 3.23. The summed E-state index contributed by atoms with van der Waals surface area (Å²) in [5, 5.41) is 2.07. The van der Waals surface area contributed by atoms with Gasteiger partial charge in [-0.1, -0.05) is 0 Å². The van der Waals surface area contributed by atoms with Gasteiger partial charge in [0.1, 0.15) is 0 Å². The smallest absolute Gasteiger partial charge is 0.0794 e. The molecule has 0 unspecified atom stereocenters. The Balaban J connectivity index is 2.15. The van der Waals surface area contributed by atoms with Crippen molar-refractivity contribution in [3.8, 4) is 0 Å². The number of thiazole rings is 1. The maximum atomic E-state index is 4.21. The second-order valence-electron chi connectivity index (χ2n) is 2.51. The van der Waals surface area contributed by atoms with Crippen LogP contribution < -0.4 is 0 Å². The van der Waals surface area contributed by atoms with E-state index in [9.17, 15) is 0 Å². The fourth-order valence-corrected chi connectivity index (χ4v) is 1.59. The van der Waals surface area contributed by atoms with Crippen molar-refractivity contribution in [2.24, 2.45) is 0 Å². The number of rotatable bonds is 2. The van der Waals surface area contributed by atoms with E-state index in [1.807, 2.05) is 30.0 Å². The largest absolute Gasteiger partial charge is 0.265 e. The molecular weight excluding hydrogens is 168 g/mol. The van der Waals surface area contributed by atoms with Crippen molar-refractivity contribution in [3.63, 3.8) is 0 Å². The Morgan fingerprint density at radius 3 is 2.75 bits per heavy atom. The van der Waals surface area contributed by atoms with Crippen LogP contribution in [0.25, 0.3) is 0 Å². The SMILES string of the molecule is c1cc(Cc2cscn2)ccn1. The summed E-state index contributed by atoms with van der Waals surface area (Å²) < 4.78 is 0. The van der Waals surface area contributed by atoms with Gasteiger partial charge in [0.05, 0.1) is 11.2 Å². The van der Waals surface area contributed by atoms with Crippen molar-refractivity contribution in [3.05, 3.63) is 46.7 Å². The zero-order valence-electron chi connectivity index (χ0n) is 6.47. The summed E-state index contributed by atoms with van der Waals surface area (Å²) in [5.74, 6) is 0. The zero-order valence-corrected chi connectivity index (χ0v) is 7.29. The third-order valence-corrected chi connectivity index (χ3v) is 2.25. The van der Waals surface area contributed by atoms with Gasteiger partial charge in [-0.05, 0) is 17.7 Å². The van der Waals surface area contributed by atoms with E-state index < -0.39 is 0 Å². The van der Waals surface area contributed by atoms with Gasteiger partial charge in [0.2, 0.25) is 0 Å². The molecule has 0 spiro atoms. The normalized spacial score (nSPS) is 10.0. The number of hydrogen-bond donors (Lipinski definition) is 0. The first-order chi connectivity index (χ1) is 5.95. The van der Waals surface area contributed by atoms with E-state index in [0.717, 1.165) is 12.1 Å². The first-order valence-corrected chi connectivity index (χ1v) is 4.65. The number of nitrogens with zero attached hydrogens (tertiary/aromatic N) is 2. The van der Waals surface area contributed by atoms with Gasteiger partial charge < -0.3 is 0 Å². The van der Waals surface area contributed by atoms with E-state index in [0.29, 0.717) is 0 Å². The van der Waals surface area contributed by atoms with Crippen LogP contribution in [0, 0.1) is 0 Å². The first kappa shape index (κ1) is 7.43. The highest BCUT2D eigenvalue weighted by Crippen LogP contribution is 2.07. The van der Waals surface area contributed by atoms with Gasteiger partial charge in [0.25, 0.3) is 0 Å². The second kappa shape index (κ2) is 3.45. The predicted molar refractivity (Wildman–Crippen MR) is 49.2 cm³/mol. The van der Waals surface area contributed by atoms with Gasteiger partial charge >= 0.3 is 0 Å². The van der Waals surface area contributed by atoms with Gasteiger partial charge in [-0.15, -0.1) is 11.3 Å². The monoisotopic (exact) mass is 176 g/mol. The predicted octanol–water partition coefficient (Wildman–Crippen LogP) is 2.13. The molecule has 2 aromatic rings. The van der Waals surface area contributed by atoms with E-state index in [2.05, 4.69) is 15.3 Å². The summed E-state index contributed by atoms with van der Waals surface area (Å²) in [4.78, 5) is 8.17. The van der Waals surface area contributed by atoms with E-state index in [4.69, 9.17) is 0 Å². The number of hydrogen-bond acceptors (Lipinski definition) is 3. The molecule has 0 aliphatic rings. The lowest BCUT2D eigenvalue weighted by molar-refractivity contribution is 1.09. The van der Waals surface area contributed by atoms with Gasteiger partial charge in [-0.25, -0.2) is 4.98 Å².